The summed E-state index contributed by atoms with van der Waals surface area (Å²) in [6.07, 6.45) is 1.60. The van der Waals surface area contributed by atoms with Crippen LogP contribution in [0.5, 0.6) is 0 Å². The fraction of sp³-hybridized carbons (Fsp3) is 0.538. The van der Waals surface area contributed by atoms with Crippen LogP contribution in [0.2, 0.25) is 5.02 Å². The van der Waals surface area contributed by atoms with Crippen LogP contribution in [0.3, 0.4) is 0 Å². The maximum absolute atomic E-state index is 14.1. The zero-order valence-electron chi connectivity index (χ0n) is 11.7. The lowest BCUT2D eigenvalue weighted by atomic mass is 10.0. The monoisotopic (exact) mass is 336 g/mol. The zero-order valence-corrected chi connectivity index (χ0v) is 13.3. The Balaban J connectivity index is 2.34. The van der Waals surface area contributed by atoms with Crippen LogP contribution in [0.15, 0.2) is 17.0 Å². The number of halogens is 2. The average Bonchev–Trinajstić information content (AvgIpc) is 2.43. The van der Waals surface area contributed by atoms with Crippen LogP contribution in [0.1, 0.15) is 12.8 Å². The molecule has 21 heavy (non-hydrogen) atoms. The van der Waals surface area contributed by atoms with E-state index in [9.17, 15) is 12.8 Å². The van der Waals surface area contributed by atoms with Gasteiger partial charge in [0.25, 0.3) is 0 Å². The van der Waals surface area contributed by atoms with Gasteiger partial charge in [-0.25, -0.2) is 12.8 Å². The van der Waals surface area contributed by atoms with E-state index in [1.165, 1.54) is 10.4 Å². The fourth-order valence-corrected chi connectivity index (χ4v) is 4.49. The number of anilines is 1. The third-order valence-electron chi connectivity index (χ3n) is 3.52. The Kier molecular flexibility index (Phi) is 5.08. The molecule has 8 heteroatoms. The van der Waals surface area contributed by atoms with Gasteiger partial charge in [-0.3, -0.25) is 0 Å². The first-order valence-electron chi connectivity index (χ1n) is 6.60. The van der Waals surface area contributed by atoms with Crippen LogP contribution in [0, 0.1) is 11.7 Å². The topological polar surface area (TPSA) is 72.6 Å². The van der Waals surface area contributed by atoms with Gasteiger partial charge < -0.3 is 10.5 Å². The van der Waals surface area contributed by atoms with Crippen LogP contribution in [-0.2, 0) is 14.8 Å². The highest BCUT2D eigenvalue weighted by molar-refractivity contribution is 7.89. The maximum atomic E-state index is 14.1. The highest BCUT2D eigenvalue weighted by atomic mass is 35.5. The molecule has 1 aliphatic rings. The van der Waals surface area contributed by atoms with Crippen molar-refractivity contribution in [2.75, 3.05) is 32.5 Å². The van der Waals surface area contributed by atoms with Crippen molar-refractivity contribution in [3.05, 3.63) is 23.0 Å². The Bertz CT molecular complexity index is 622. The molecule has 118 valence electrons. The second-order valence-electron chi connectivity index (χ2n) is 5.14. The standard InChI is InChI=1S/C13H18ClFN2O3S/c1-20-8-9-3-2-4-17(7-9)21(18,19)12-6-10(16)5-11(14)13(12)15/h5-6,9H,2-4,7-8,16H2,1H3. The maximum Gasteiger partial charge on any atom is 0.246 e. The van der Waals surface area contributed by atoms with E-state index in [4.69, 9.17) is 22.1 Å². The summed E-state index contributed by atoms with van der Waals surface area (Å²) < 4.78 is 45.6. The quantitative estimate of drug-likeness (QED) is 0.855. The summed E-state index contributed by atoms with van der Waals surface area (Å²) in [5, 5.41) is -0.293. The molecule has 1 fully saturated rings. The van der Waals surface area contributed by atoms with Crippen LogP contribution in [-0.4, -0.2) is 39.5 Å². The summed E-state index contributed by atoms with van der Waals surface area (Å²) >= 11 is 5.68. The summed E-state index contributed by atoms with van der Waals surface area (Å²) in [5.41, 5.74) is 5.69. The number of nitrogen functional groups attached to an aromatic ring is 1. The molecule has 0 spiro atoms. The molecule has 1 aromatic carbocycles. The number of piperidine rings is 1. The van der Waals surface area contributed by atoms with Gasteiger partial charge in [0.1, 0.15) is 4.90 Å². The Morgan fingerprint density at radius 3 is 2.90 bits per heavy atom. The average molecular weight is 337 g/mol. The summed E-state index contributed by atoms with van der Waals surface area (Å²) in [6.45, 7) is 1.14. The highest BCUT2D eigenvalue weighted by Crippen LogP contribution is 2.30. The van der Waals surface area contributed by atoms with Crippen molar-refractivity contribution < 1.29 is 17.5 Å². The summed E-state index contributed by atoms with van der Waals surface area (Å²) in [4.78, 5) is -0.467. The first kappa shape index (κ1) is 16.5. The zero-order chi connectivity index (χ0) is 15.6. The molecular formula is C13H18ClFN2O3S. The predicted molar refractivity (Wildman–Crippen MR) is 79.2 cm³/mol. The molecule has 0 aliphatic carbocycles. The SMILES string of the molecule is COCC1CCCN(S(=O)(=O)c2cc(N)cc(Cl)c2F)C1. The lowest BCUT2D eigenvalue weighted by molar-refractivity contribution is 0.118. The van der Waals surface area contributed by atoms with Gasteiger partial charge in [-0.1, -0.05) is 11.6 Å². The van der Waals surface area contributed by atoms with E-state index in [1.807, 2.05) is 0 Å². The van der Waals surface area contributed by atoms with E-state index in [1.54, 1.807) is 7.11 Å². The molecule has 0 bridgehead atoms. The Hall–Kier alpha value is -0.890. The second-order valence-corrected chi connectivity index (χ2v) is 7.46. The summed E-state index contributed by atoms with van der Waals surface area (Å²) in [6, 6.07) is 2.30. The molecule has 1 aliphatic heterocycles. The molecule has 0 radical (unpaired) electrons. The Labute approximate surface area is 128 Å². The largest absolute Gasteiger partial charge is 0.399 e. The number of nitrogens with two attached hydrogens (primary N) is 1. The van der Waals surface area contributed by atoms with Crippen LogP contribution in [0.4, 0.5) is 10.1 Å². The molecule has 1 heterocycles. The minimum absolute atomic E-state index is 0.109. The molecule has 0 aromatic heterocycles. The molecular weight excluding hydrogens is 319 g/mol. The van der Waals surface area contributed by atoms with Crippen molar-refractivity contribution in [3.63, 3.8) is 0 Å². The van der Waals surface area contributed by atoms with Gasteiger partial charge in [-0.15, -0.1) is 0 Å². The lowest BCUT2D eigenvalue weighted by Crippen LogP contribution is -2.41. The van der Waals surface area contributed by atoms with E-state index in [2.05, 4.69) is 0 Å². The normalized spacial score (nSPS) is 20.6. The van der Waals surface area contributed by atoms with E-state index in [0.717, 1.165) is 12.5 Å². The van der Waals surface area contributed by atoms with E-state index in [0.29, 0.717) is 26.1 Å². The van der Waals surface area contributed by atoms with Crippen LogP contribution in [0.25, 0.3) is 0 Å². The minimum Gasteiger partial charge on any atom is -0.399 e. The molecule has 5 nitrogen and oxygen atoms in total. The van der Waals surface area contributed by atoms with Gasteiger partial charge in [-0.2, -0.15) is 4.31 Å². The van der Waals surface area contributed by atoms with Gasteiger partial charge in [0.05, 0.1) is 11.6 Å². The van der Waals surface area contributed by atoms with Crippen molar-refractivity contribution in [3.8, 4) is 0 Å². The molecule has 1 aromatic rings. The number of rotatable bonds is 4. The molecule has 2 N–H and O–H groups in total. The molecule has 2 rings (SSSR count). The van der Waals surface area contributed by atoms with Gasteiger partial charge in [0.2, 0.25) is 10.0 Å². The third kappa shape index (κ3) is 3.48. The first-order chi connectivity index (χ1) is 9.86. The molecule has 1 atom stereocenters. The van der Waals surface area contributed by atoms with Crippen molar-refractivity contribution >= 4 is 27.3 Å². The number of methoxy groups -OCH3 is 1. The number of benzene rings is 1. The summed E-state index contributed by atoms with van der Waals surface area (Å²) in [5.74, 6) is -0.849. The first-order valence-corrected chi connectivity index (χ1v) is 8.41. The van der Waals surface area contributed by atoms with Crippen LogP contribution >= 0.6 is 11.6 Å². The van der Waals surface area contributed by atoms with Gasteiger partial charge in [0, 0.05) is 25.9 Å². The third-order valence-corrected chi connectivity index (χ3v) is 5.66. The molecule has 0 saturated carbocycles. The smallest absolute Gasteiger partial charge is 0.246 e. The number of hydrogen-bond acceptors (Lipinski definition) is 4. The van der Waals surface area contributed by atoms with E-state index < -0.39 is 20.7 Å². The van der Waals surface area contributed by atoms with Crippen molar-refractivity contribution in [2.45, 2.75) is 17.7 Å². The van der Waals surface area contributed by atoms with E-state index >= 15 is 0 Å². The minimum atomic E-state index is -3.95. The van der Waals surface area contributed by atoms with Gasteiger partial charge >= 0.3 is 0 Å². The lowest BCUT2D eigenvalue weighted by Gasteiger charge is -2.31. The number of sulfonamides is 1. The number of hydrogen-bond donors (Lipinski definition) is 1. The molecule has 1 unspecified atom stereocenters. The fourth-order valence-electron chi connectivity index (χ4n) is 2.53. The predicted octanol–water partition coefficient (Wildman–Crippen LogP) is 2.11. The molecule has 0 amide bonds. The Morgan fingerprint density at radius 1 is 1.52 bits per heavy atom. The van der Waals surface area contributed by atoms with Crippen molar-refractivity contribution in [1.82, 2.24) is 4.31 Å². The van der Waals surface area contributed by atoms with E-state index in [-0.39, 0.29) is 16.6 Å². The summed E-state index contributed by atoms with van der Waals surface area (Å²) in [7, 11) is -2.38. The van der Waals surface area contributed by atoms with Gasteiger partial charge in [-0.05, 0) is 30.9 Å². The number of nitrogens with zero attached hydrogens (tertiary/aromatic N) is 1. The molecule has 1 saturated heterocycles. The van der Waals surface area contributed by atoms with Crippen molar-refractivity contribution in [2.24, 2.45) is 5.92 Å². The second kappa shape index (κ2) is 6.48. The van der Waals surface area contributed by atoms with Crippen LogP contribution < -0.4 is 5.73 Å². The number of ether oxygens (including phenoxy) is 1. The highest BCUT2D eigenvalue weighted by Gasteiger charge is 2.33. The Morgan fingerprint density at radius 2 is 2.24 bits per heavy atom. The van der Waals surface area contributed by atoms with Crippen molar-refractivity contribution in [1.29, 1.82) is 0 Å². The van der Waals surface area contributed by atoms with Gasteiger partial charge in [0.15, 0.2) is 5.82 Å².